The quantitative estimate of drug-likeness (QED) is 0.752. The van der Waals surface area contributed by atoms with E-state index in [0.29, 0.717) is 12.2 Å². The van der Waals surface area contributed by atoms with E-state index in [1.54, 1.807) is 13.1 Å². The fourth-order valence-electron chi connectivity index (χ4n) is 2.67. The summed E-state index contributed by atoms with van der Waals surface area (Å²) in [7, 11) is -2.00. The van der Waals surface area contributed by atoms with Crippen molar-refractivity contribution in [2.45, 2.75) is 38.8 Å². The molecule has 0 unspecified atom stereocenters. The average molecular weight is 379 g/mol. The van der Waals surface area contributed by atoms with Crippen LogP contribution in [0.2, 0.25) is 0 Å². The van der Waals surface area contributed by atoms with Crippen molar-refractivity contribution in [1.29, 1.82) is 0 Å². The third kappa shape index (κ3) is 4.90. The van der Waals surface area contributed by atoms with Gasteiger partial charge in [0.1, 0.15) is 0 Å². The summed E-state index contributed by atoms with van der Waals surface area (Å²) in [6.07, 6.45) is 1.73. The smallest absolute Gasteiger partial charge is 0.238 e. The van der Waals surface area contributed by atoms with Crippen molar-refractivity contribution in [2.24, 2.45) is 5.14 Å². The highest BCUT2D eigenvalue weighted by Crippen LogP contribution is 2.23. The van der Waals surface area contributed by atoms with E-state index in [1.165, 1.54) is 12.1 Å². The SMILES string of the molecule is CCn1nccc1CN(C)CC(=O)Nc1cc(S(N)(=O)=O)cc(C)c1C. The number of carbonyl (C=O) groups is 1. The molecule has 0 aliphatic rings. The summed E-state index contributed by atoms with van der Waals surface area (Å²) >= 11 is 0. The molecule has 0 aliphatic carbocycles. The Morgan fingerprint density at radius 2 is 2.04 bits per heavy atom. The lowest BCUT2D eigenvalue weighted by Gasteiger charge is -2.18. The second kappa shape index (κ2) is 7.98. The number of aryl methyl sites for hydroxylation is 2. The summed E-state index contributed by atoms with van der Waals surface area (Å²) < 4.78 is 25.1. The van der Waals surface area contributed by atoms with Crippen LogP contribution in [-0.4, -0.2) is 42.6 Å². The van der Waals surface area contributed by atoms with Crippen molar-refractivity contribution in [1.82, 2.24) is 14.7 Å². The summed E-state index contributed by atoms with van der Waals surface area (Å²) in [6, 6.07) is 4.81. The highest BCUT2D eigenvalue weighted by Gasteiger charge is 2.15. The van der Waals surface area contributed by atoms with E-state index < -0.39 is 10.0 Å². The summed E-state index contributed by atoms with van der Waals surface area (Å²) in [4.78, 5) is 14.2. The number of anilines is 1. The zero-order valence-corrected chi connectivity index (χ0v) is 16.3. The Kier molecular flexibility index (Phi) is 6.17. The van der Waals surface area contributed by atoms with Crippen LogP contribution in [0.1, 0.15) is 23.7 Å². The zero-order chi connectivity index (χ0) is 19.5. The van der Waals surface area contributed by atoms with E-state index in [1.807, 2.05) is 36.5 Å². The molecular formula is C17H25N5O3S. The molecule has 0 radical (unpaired) electrons. The molecule has 1 aromatic heterocycles. The molecule has 2 aromatic rings. The van der Waals surface area contributed by atoms with Crippen LogP contribution in [-0.2, 0) is 27.9 Å². The van der Waals surface area contributed by atoms with Gasteiger partial charge in [0, 0.05) is 25.0 Å². The molecule has 0 saturated carbocycles. The van der Waals surface area contributed by atoms with Gasteiger partial charge in [0.15, 0.2) is 0 Å². The van der Waals surface area contributed by atoms with Crippen LogP contribution in [0.3, 0.4) is 0 Å². The van der Waals surface area contributed by atoms with Crippen molar-refractivity contribution >= 4 is 21.6 Å². The lowest BCUT2D eigenvalue weighted by Crippen LogP contribution is -2.31. The first kappa shape index (κ1) is 20.1. The minimum Gasteiger partial charge on any atom is -0.325 e. The number of nitrogens with two attached hydrogens (primary N) is 1. The van der Waals surface area contributed by atoms with Gasteiger partial charge in [-0.15, -0.1) is 0 Å². The van der Waals surface area contributed by atoms with Gasteiger partial charge >= 0.3 is 0 Å². The maximum absolute atomic E-state index is 12.4. The van der Waals surface area contributed by atoms with E-state index in [-0.39, 0.29) is 17.3 Å². The number of sulfonamides is 1. The second-order valence-corrected chi connectivity index (χ2v) is 7.88. The molecule has 1 heterocycles. The molecule has 0 saturated heterocycles. The van der Waals surface area contributed by atoms with Crippen molar-refractivity contribution in [3.05, 3.63) is 41.2 Å². The Hall–Kier alpha value is -2.23. The number of carbonyl (C=O) groups excluding carboxylic acids is 1. The lowest BCUT2D eigenvalue weighted by atomic mass is 10.1. The number of benzene rings is 1. The average Bonchev–Trinajstić information content (AvgIpc) is 2.97. The largest absolute Gasteiger partial charge is 0.325 e. The molecule has 1 amide bonds. The molecule has 142 valence electrons. The minimum atomic E-state index is -3.84. The predicted octanol–water partition coefficient (Wildman–Crippen LogP) is 1.24. The van der Waals surface area contributed by atoms with Crippen LogP contribution in [0.15, 0.2) is 29.3 Å². The molecule has 9 heteroatoms. The number of hydrogen-bond donors (Lipinski definition) is 2. The predicted molar refractivity (Wildman–Crippen MR) is 100 cm³/mol. The van der Waals surface area contributed by atoms with Crippen LogP contribution in [0.5, 0.6) is 0 Å². The Bertz CT molecular complexity index is 905. The molecule has 3 N–H and O–H groups in total. The first-order valence-electron chi connectivity index (χ1n) is 8.25. The number of amides is 1. The monoisotopic (exact) mass is 379 g/mol. The lowest BCUT2D eigenvalue weighted by molar-refractivity contribution is -0.117. The Labute approximate surface area is 154 Å². The molecule has 0 spiro atoms. The normalized spacial score (nSPS) is 11.8. The fraction of sp³-hybridized carbons (Fsp3) is 0.412. The number of nitrogens with one attached hydrogen (secondary N) is 1. The van der Waals surface area contributed by atoms with E-state index in [2.05, 4.69) is 10.4 Å². The van der Waals surface area contributed by atoms with E-state index in [0.717, 1.165) is 23.4 Å². The highest BCUT2D eigenvalue weighted by atomic mass is 32.2. The first-order chi connectivity index (χ1) is 12.1. The van der Waals surface area contributed by atoms with Crippen molar-refractivity contribution < 1.29 is 13.2 Å². The molecule has 0 fully saturated rings. The standard InChI is InChI=1S/C17H25N5O3S/c1-5-22-14(6-7-19-22)10-21(4)11-17(23)20-16-9-15(26(18,24)25)8-12(2)13(16)3/h6-9H,5,10-11H2,1-4H3,(H,20,23)(H2,18,24,25). The van der Waals surface area contributed by atoms with Crippen LogP contribution in [0.4, 0.5) is 5.69 Å². The van der Waals surface area contributed by atoms with Gasteiger partial charge in [-0.3, -0.25) is 14.4 Å². The summed E-state index contributed by atoms with van der Waals surface area (Å²) in [5.74, 6) is -0.232. The molecule has 0 aliphatic heterocycles. The van der Waals surface area contributed by atoms with Gasteiger partial charge in [0.2, 0.25) is 15.9 Å². The van der Waals surface area contributed by atoms with Crippen molar-refractivity contribution in [3.63, 3.8) is 0 Å². The topological polar surface area (TPSA) is 110 Å². The van der Waals surface area contributed by atoms with Gasteiger partial charge in [0.25, 0.3) is 0 Å². The minimum absolute atomic E-state index is 0.0175. The van der Waals surface area contributed by atoms with Gasteiger partial charge in [-0.1, -0.05) is 0 Å². The van der Waals surface area contributed by atoms with Gasteiger partial charge in [-0.25, -0.2) is 13.6 Å². The van der Waals surface area contributed by atoms with Crippen LogP contribution < -0.4 is 10.5 Å². The van der Waals surface area contributed by atoms with Gasteiger partial charge in [0.05, 0.1) is 17.1 Å². The van der Waals surface area contributed by atoms with Gasteiger partial charge < -0.3 is 5.32 Å². The second-order valence-electron chi connectivity index (χ2n) is 6.32. The van der Waals surface area contributed by atoms with E-state index in [9.17, 15) is 13.2 Å². The molecule has 2 rings (SSSR count). The molecule has 0 bridgehead atoms. The number of likely N-dealkylation sites (N-methyl/N-ethyl adjacent to an activating group) is 1. The molecule has 0 atom stereocenters. The van der Waals surface area contributed by atoms with Crippen molar-refractivity contribution in [3.8, 4) is 0 Å². The van der Waals surface area contributed by atoms with Gasteiger partial charge in [-0.05, 0) is 57.1 Å². The zero-order valence-electron chi connectivity index (χ0n) is 15.5. The van der Waals surface area contributed by atoms with E-state index in [4.69, 9.17) is 5.14 Å². The highest BCUT2D eigenvalue weighted by molar-refractivity contribution is 7.89. The summed E-state index contributed by atoms with van der Waals surface area (Å²) in [5.41, 5.74) is 3.02. The maximum atomic E-state index is 12.4. The van der Waals surface area contributed by atoms with Crippen LogP contribution >= 0.6 is 0 Å². The number of nitrogens with zero attached hydrogens (tertiary/aromatic N) is 3. The molecular weight excluding hydrogens is 354 g/mol. The first-order valence-corrected chi connectivity index (χ1v) is 9.79. The molecule has 8 nitrogen and oxygen atoms in total. The third-order valence-corrected chi connectivity index (χ3v) is 5.09. The van der Waals surface area contributed by atoms with Crippen LogP contribution in [0.25, 0.3) is 0 Å². The molecule has 1 aromatic carbocycles. The third-order valence-electron chi connectivity index (χ3n) is 4.19. The number of aromatic nitrogens is 2. The van der Waals surface area contributed by atoms with Crippen LogP contribution in [0, 0.1) is 13.8 Å². The Morgan fingerprint density at radius 3 is 2.65 bits per heavy atom. The fourth-order valence-corrected chi connectivity index (χ4v) is 3.29. The molecule has 26 heavy (non-hydrogen) atoms. The number of rotatable bonds is 7. The Balaban J connectivity index is 2.09. The van der Waals surface area contributed by atoms with Crippen molar-refractivity contribution in [2.75, 3.05) is 18.9 Å². The number of hydrogen-bond acceptors (Lipinski definition) is 5. The summed E-state index contributed by atoms with van der Waals surface area (Å²) in [5, 5.41) is 12.2. The maximum Gasteiger partial charge on any atom is 0.238 e. The number of primary sulfonamides is 1. The van der Waals surface area contributed by atoms with E-state index >= 15 is 0 Å². The van der Waals surface area contributed by atoms with Gasteiger partial charge in [-0.2, -0.15) is 5.10 Å². The summed E-state index contributed by atoms with van der Waals surface area (Å²) in [6.45, 7) is 7.11. The Morgan fingerprint density at radius 1 is 1.35 bits per heavy atom.